The van der Waals surface area contributed by atoms with Crippen molar-refractivity contribution in [2.45, 2.75) is 26.4 Å². The number of hydrogen-bond acceptors (Lipinski definition) is 3. The average Bonchev–Trinajstić information content (AvgIpc) is 2.41. The summed E-state index contributed by atoms with van der Waals surface area (Å²) in [5, 5.41) is 3.26. The third-order valence-electron chi connectivity index (χ3n) is 2.65. The maximum atomic E-state index is 11.6. The van der Waals surface area contributed by atoms with Crippen molar-refractivity contribution in [2.75, 3.05) is 5.32 Å². The smallest absolute Gasteiger partial charge is 0.250 e. The molecule has 0 radical (unpaired) electrons. The molecule has 0 amide bonds. The average molecular weight is 243 g/mol. The molecule has 4 heteroatoms. The first-order valence-electron chi connectivity index (χ1n) is 6.14. The van der Waals surface area contributed by atoms with Crippen molar-refractivity contribution in [3.8, 4) is 0 Å². The van der Waals surface area contributed by atoms with Gasteiger partial charge in [-0.2, -0.15) is 0 Å². The van der Waals surface area contributed by atoms with Crippen LogP contribution in [-0.2, 0) is 13.1 Å². The first-order chi connectivity index (χ1) is 8.79. The van der Waals surface area contributed by atoms with Crippen LogP contribution in [0.15, 0.2) is 47.5 Å². The molecule has 0 fully saturated rings. The summed E-state index contributed by atoms with van der Waals surface area (Å²) in [6.45, 7) is 3.46. The zero-order valence-corrected chi connectivity index (χ0v) is 10.5. The zero-order chi connectivity index (χ0) is 12.8. The Bertz CT molecular complexity index is 548. The first-order valence-corrected chi connectivity index (χ1v) is 6.14. The SMILES string of the molecule is CCCn1cc(NCc2ccccn2)ccc1=O. The lowest BCUT2D eigenvalue weighted by molar-refractivity contribution is 0.655. The van der Waals surface area contributed by atoms with Gasteiger partial charge in [-0.3, -0.25) is 9.78 Å². The van der Waals surface area contributed by atoms with Gasteiger partial charge in [-0.25, -0.2) is 0 Å². The standard InChI is InChI=1S/C14H17N3O/c1-2-9-17-11-13(6-7-14(17)18)16-10-12-5-3-4-8-15-12/h3-8,11,16H,2,9-10H2,1H3. The quantitative estimate of drug-likeness (QED) is 0.876. The van der Waals surface area contributed by atoms with E-state index in [4.69, 9.17) is 0 Å². The van der Waals surface area contributed by atoms with E-state index in [9.17, 15) is 4.79 Å². The maximum Gasteiger partial charge on any atom is 0.250 e. The summed E-state index contributed by atoms with van der Waals surface area (Å²) in [4.78, 5) is 15.8. The molecule has 2 rings (SSSR count). The van der Waals surface area contributed by atoms with Crippen molar-refractivity contribution in [3.05, 3.63) is 58.8 Å². The van der Waals surface area contributed by atoms with Gasteiger partial charge in [0.05, 0.1) is 17.9 Å². The lowest BCUT2D eigenvalue weighted by Crippen LogP contribution is -2.18. The molecule has 0 saturated carbocycles. The minimum atomic E-state index is 0.0419. The Morgan fingerprint density at radius 1 is 1.28 bits per heavy atom. The predicted molar refractivity (Wildman–Crippen MR) is 72.6 cm³/mol. The van der Waals surface area contributed by atoms with E-state index in [1.807, 2.05) is 24.4 Å². The largest absolute Gasteiger partial charge is 0.378 e. The highest BCUT2D eigenvalue weighted by Crippen LogP contribution is 2.06. The summed E-state index contributed by atoms with van der Waals surface area (Å²) in [6.07, 6.45) is 4.58. The first kappa shape index (κ1) is 12.4. The van der Waals surface area contributed by atoms with Gasteiger partial charge in [0.1, 0.15) is 0 Å². The number of hydrogen-bond donors (Lipinski definition) is 1. The third kappa shape index (κ3) is 3.20. The van der Waals surface area contributed by atoms with Crippen LogP contribution in [0.5, 0.6) is 0 Å². The molecule has 0 aliphatic rings. The van der Waals surface area contributed by atoms with Gasteiger partial charge in [0.15, 0.2) is 0 Å². The fraction of sp³-hybridized carbons (Fsp3) is 0.286. The summed E-state index contributed by atoms with van der Waals surface area (Å²) >= 11 is 0. The summed E-state index contributed by atoms with van der Waals surface area (Å²) in [6, 6.07) is 9.22. The molecule has 0 aromatic carbocycles. The van der Waals surface area contributed by atoms with E-state index in [0.717, 1.165) is 24.3 Å². The molecule has 94 valence electrons. The molecule has 0 atom stereocenters. The van der Waals surface area contributed by atoms with E-state index >= 15 is 0 Å². The van der Waals surface area contributed by atoms with Crippen LogP contribution in [0, 0.1) is 0 Å². The molecule has 0 bridgehead atoms. The number of nitrogens with one attached hydrogen (secondary N) is 1. The molecular formula is C14H17N3O. The Hall–Kier alpha value is -2.10. The molecule has 18 heavy (non-hydrogen) atoms. The van der Waals surface area contributed by atoms with E-state index in [1.54, 1.807) is 22.9 Å². The van der Waals surface area contributed by atoms with Gasteiger partial charge in [0.2, 0.25) is 0 Å². The molecule has 2 heterocycles. The number of nitrogens with zero attached hydrogens (tertiary/aromatic N) is 2. The highest BCUT2D eigenvalue weighted by Gasteiger charge is 1.98. The number of pyridine rings is 2. The topological polar surface area (TPSA) is 46.9 Å². The second-order valence-corrected chi connectivity index (χ2v) is 4.12. The van der Waals surface area contributed by atoms with E-state index in [0.29, 0.717) is 6.54 Å². The Balaban J connectivity index is 2.06. The minimum Gasteiger partial charge on any atom is -0.378 e. The Labute approximate surface area is 106 Å². The molecule has 0 aliphatic carbocycles. The van der Waals surface area contributed by atoms with Crippen LogP contribution in [0.2, 0.25) is 0 Å². The van der Waals surface area contributed by atoms with Crippen LogP contribution in [0.3, 0.4) is 0 Å². The van der Waals surface area contributed by atoms with Crippen molar-refractivity contribution < 1.29 is 0 Å². The molecule has 0 saturated heterocycles. The van der Waals surface area contributed by atoms with Crippen molar-refractivity contribution in [1.82, 2.24) is 9.55 Å². The molecular weight excluding hydrogens is 226 g/mol. The van der Waals surface area contributed by atoms with E-state index in [-0.39, 0.29) is 5.56 Å². The van der Waals surface area contributed by atoms with Crippen molar-refractivity contribution in [2.24, 2.45) is 0 Å². The summed E-state index contributed by atoms with van der Waals surface area (Å²) < 4.78 is 1.72. The summed E-state index contributed by atoms with van der Waals surface area (Å²) in [5.74, 6) is 0. The van der Waals surface area contributed by atoms with Crippen LogP contribution in [-0.4, -0.2) is 9.55 Å². The molecule has 0 unspecified atom stereocenters. The maximum absolute atomic E-state index is 11.6. The van der Waals surface area contributed by atoms with Gasteiger partial charge < -0.3 is 9.88 Å². The second kappa shape index (κ2) is 6.00. The van der Waals surface area contributed by atoms with Crippen molar-refractivity contribution in [1.29, 1.82) is 0 Å². The van der Waals surface area contributed by atoms with Crippen LogP contribution in [0.4, 0.5) is 5.69 Å². The van der Waals surface area contributed by atoms with Crippen molar-refractivity contribution >= 4 is 5.69 Å². The molecule has 1 N–H and O–H groups in total. The number of anilines is 1. The molecule has 0 spiro atoms. The molecule has 2 aromatic heterocycles. The van der Waals surface area contributed by atoms with Crippen molar-refractivity contribution in [3.63, 3.8) is 0 Å². The van der Waals surface area contributed by atoms with E-state index in [1.165, 1.54) is 0 Å². The molecule has 4 nitrogen and oxygen atoms in total. The Kier molecular flexibility index (Phi) is 4.12. The normalized spacial score (nSPS) is 10.3. The minimum absolute atomic E-state index is 0.0419. The highest BCUT2D eigenvalue weighted by molar-refractivity contribution is 5.40. The van der Waals surface area contributed by atoms with Gasteiger partial charge in [-0.15, -0.1) is 0 Å². The fourth-order valence-electron chi connectivity index (χ4n) is 1.75. The Morgan fingerprint density at radius 2 is 2.17 bits per heavy atom. The lowest BCUT2D eigenvalue weighted by Gasteiger charge is -2.09. The fourth-order valence-corrected chi connectivity index (χ4v) is 1.75. The lowest BCUT2D eigenvalue weighted by atomic mass is 10.3. The van der Waals surface area contributed by atoms with Gasteiger partial charge in [0.25, 0.3) is 5.56 Å². The van der Waals surface area contributed by atoms with Gasteiger partial charge >= 0.3 is 0 Å². The van der Waals surface area contributed by atoms with Crippen LogP contribution in [0.1, 0.15) is 19.0 Å². The van der Waals surface area contributed by atoms with E-state index < -0.39 is 0 Å². The summed E-state index contributed by atoms with van der Waals surface area (Å²) in [7, 11) is 0. The third-order valence-corrected chi connectivity index (χ3v) is 2.65. The molecule has 0 aliphatic heterocycles. The van der Waals surface area contributed by atoms with Gasteiger partial charge in [0, 0.05) is 25.0 Å². The van der Waals surface area contributed by atoms with Crippen LogP contribution < -0.4 is 10.9 Å². The monoisotopic (exact) mass is 243 g/mol. The van der Waals surface area contributed by atoms with E-state index in [2.05, 4.69) is 17.2 Å². The second-order valence-electron chi connectivity index (χ2n) is 4.12. The number of aryl methyl sites for hydroxylation is 1. The number of rotatable bonds is 5. The zero-order valence-electron chi connectivity index (χ0n) is 10.5. The predicted octanol–water partition coefficient (Wildman–Crippen LogP) is 2.27. The Morgan fingerprint density at radius 3 is 2.89 bits per heavy atom. The number of aromatic nitrogens is 2. The van der Waals surface area contributed by atoms with Gasteiger partial charge in [-0.05, 0) is 24.6 Å². The highest BCUT2D eigenvalue weighted by atomic mass is 16.1. The van der Waals surface area contributed by atoms with Gasteiger partial charge in [-0.1, -0.05) is 13.0 Å². The molecule has 2 aromatic rings. The summed E-state index contributed by atoms with van der Waals surface area (Å²) in [5.41, 5.74) is 1.96. The van der Waals surface area contributed by atoms with Crippen LogP contribution in [0.25, 0.3) is 0 Å². The van der Waals surface area contributed by atoms with Crippen LogP contribution >= 0.6 is 0 Å².